The van der Waals surface area contributed by atoms with Crippen molar-refractivity contribution in [2.45, 2.75) is 32.5 Å². The third-order valence-electron chi connectivity index (χ3n) is 6.48. The zero-order chi connectivity index (χ0) is 26.3. The van der Waals surface area contributed by atoms with Crippen molar-refractivity contribution >= 4 is 29.0 Å². The smallest absolute Gasteiger partial charge is 0.249 e. The summed E-state index contributed by atoms with van der Waals surface area (Å²) in [5, 5.41) is 3.24. The molecular weight excluding hydrogens is 498 g/mol. The molecule has 1 aliphatic heterocycles. The van der Waals surface area contributed by atoms with Gasteiger partial charge in [0.05, 0.1) is 18.7 Å². The van der Waals surface area contributed by atoms with E-state index in [1.54, 1.807) is 30.2 Å². The van der Waals surface area contributed by atoms with E-state index in [0.717, 1.165) is 11.3 Å². The normalized spacial score (nSPS) is 14.4. The Morgan fingerprint density at radius 1 is 1.05 bits per heavy atom. The van der Waals surface area contributed by atoms with E-state index < -0.39 is 11.4 Å². The molecule has 37 heavy (non-hydrogen) atoms. The lowest BCUT2D eigenvalue weighted by molar-refractivity contribution is -0.143. The number of amides is 1. The molecule has 0 aliphatic carbocycles. The van der Waals surface area contributed by atoms with Gasteiger partial charge in [0.1, 0.15) is 40.3 Å². The minimum Gasteiger partial charge on any atom is -0.497 e. The van der Waals surface area contributed by atoms with Crippen molar-refractivity contribution in [3.8, 4) is 17.0 Å². The molecule has 0 atom stereocenters. The number of carbonyl (C=O) groups is 1. The molecule has 3 aromatic carbocycles. The highest BCUT2D eigenvalue weighted by atomic mass is 35.5. The number of anilines is 2. The molecule has 9 heteroatoms. The molecule has 5 rings (SSSR count). The third kappa shape index (κ3) is 4.64. The van der Waals surface area contributed by atoms with Crippen LogP contribution in [0, 0.1) is 11.6 Å². The Kier molecular flexibility index (Phi) is 6.37. The lowest BCUT2D eigenvalue weighted by Gasteiger charge is -2.39. The highest BCUT2D eigenvalue weighted by Crippen LogP contribution is 2.40. The predicted octanol–water partition coefficient (Wildman–Crippen LogP) is 6.51. The second kappa shape index (κ2) is 9.52. The highest BCUT2D eigenvalue weighted by Gasteiger charge is 2.43. The van der Waals surface area contributed by atoms with Gasteiger partial charge in [-0.25, -0.2) is 13.8 Å². The Labute approximate surface area is 218 Å². The molecule has 0 saturated heterocycles. The maximum atomic E-state index is 14.2. The molecule has 0 spiro atoms. The third-order valence-corrected chi connectivity index (χ3v) is 6.79. The van der Waals surface area contributed by atoms with Gasteiger partial charge in [-0.15, -0.1) is 0 Å². The van der Waals surface area contributed by atoms with E-state index in [0.29, 0.717) is 35.1 Å². The summed E-state index contributed by atoms with van der Waals surface area (Å²) in [6, 6.07) is 17.9. The van der Waals surface area contributed by atoms with Crippen LogP contribution < -0.4 is 10.1 Å². The molecule has 0 radical (unpaired) electrons. The Balaban J connectivity index is 1.59. The number of imidazole rings is 1. The fraction of sp³-hybridized carbons (Fsp3) is 0.214. The van der Waals surface area contributed by atoms with Gasteiger partial charge in [0.2, 0.25) is 5.91 Å². The van der Waals surface area contributed by atoms with Crippen molar-refractivity contribution in [1.82, 2.24) is 14.5 Å². The van der Waals surface area contributed by atoms with E-state index in [-0.39, 0.29) is 23.3 Å². The molecule has 2 heterocycles. The van der Waals surface area contributed by atoms with Gasteiger partial charge in [0.25, 0.3) is 0 Å². The van der Waals surface area contributed by atoms with E-state index in [1.807, 2.05) is 42.7 Å². The molecule has 0 bridgehead atoms. The molecule has 6 nitrogen and oxygen atoms in total. The number of nitrogens with zero attached hydrogens (tertiary/aromatic N) is 3. The molecule has 4 aromatic rings. The maximum Gasteiger partial charge on any atom is 0.249 e. The number of hydrogen-bond acceptors (Lipinski definition) is 4. The molecular formula is C28H25ClF2N4O2. The number of nitrogens with one attached hydrogen (secondary N) is 1. The van der Waals surface area contributed by atoms with Gasteiger partial charge in [-0.05, 0) is 74.0 Å². The summed E-state index contributed by atoms with van der Waals surface area (Å²) < 4.78 is 35.0. The summed E-state index contributed by atoms with van der Waals surface area (Å²) in [7, 11) is 1.61. The summed E-state index contributed by atoms with van der Waals surface area (Å²) in [5.41, 5.74) is 1.57. The zero-order valence-corrected chi connectivity index (χ0v) is 21.3. The van der Waals surface area contributed by atoms with Crippen LogP contribution in [0.5, 0.6) is 5.75 Å². The van der Waals surface area contributed by atoms with Crippen molar-refractivity contribution in [3.05, 3.63) is 94.8 Å². The largest absolute Gasteiger partial charge is 0.497 e. The molecule has 190 valence electrons. The summed E-state index contributed by atoms with van der Waals surface area (Å²) in [4.78, 5) is 20.4. The van der Waals surface area contributed by atoms with Crippen LogP contribution in [0.1, 0.15) is 25.2 Å². The predicted molar refractivity (Wildman–Crippen MR) is 139 cm³/mol. The first kappa shape index (κ1) is 24.8. The molecule has 0 saturated carbocycles. The average molecular weight is 523 g/mol. The second-order valence-electron chi connectivity index (χ2n) is 9.39. The van der Waals surface area contributed by atoms with Crippen LogP contribution in [0.4, 0.5) is 20.3 Å². The van der Waals surface area contributed by atoms with Gasteiger partial charge < -0.3 is 15.0 Å². The van der Waals surface area contributed by atoms with Gasteiger partial charge >= 0.3 is 0 Å². The Bertz CT molecular complexity index is 1470. The van der Waals surface area contributed by atoms with E-state index in [4.69, 9.17) is 21.3 Å². The van der Waals surface area contributed by atoms with Crippen molar-refractivity contribution in [3.63, 3.8) is 0 Å². The van der Waals surface area contributed by atoms with Gasteiger partial charge in [-0.1, -0.05) is 23.7 Å². The fourth-order valence-electron chi connectivity index (χ4n) is 4.61. The SMILES string of the molecule is COc1ccc(CN2Cc3nc(-c4ccc(F)cc4)c(Nc4ccc(Cl)c(F)c4)n3C(C)(C)C2=O)cc1. The highest BCUT2D eigenvalue weighted by molar-refractivity contribution is 6.30. The van der Waals surface area contributed by atoms with Crippen molar-refractivity contribution in [2.75, 3.05) is 12.4 Å². The van der Waals surface area contributed by atoms with Crippen LogP contribution in [-0.2, 0) is 23.4 Å². The summed E-state index contributed by atoms with van der Waals surface area (Å²) in [5.74, 6) is 0.852. The number of rotatable bonds is 6. The molecule has 1 amide bonds. The summed E-state index contributed by atoms with van der Waals surface area (Å²) in [6.45, 7) is 4.31. The van der Waals surface area contributed by atoms with Gasteiger partial charge in [0, 0.05) is 17.8 Å². The van der Waals surface area contributed by atoms with Crippen LogP contribution in [-0.4, -0.2) is 27.5 Å². The van der Waals surface area contributed by atoms with E-state index in [1.165, 1.54) is 24.3 Å². The lowest BCUT2D eigenvalue weighted by atomic mass is 9.99. The monoisotopic (exact) mass is 522 g/mol. The number of aromatic nitrogens is 2. The van der Waals surface area contributed by atoms with Gasteiger partial charge in [-0.2, -0.15) is 0 Å². The van der Waals surface area contributed by atoms with Crippen LogP contribution in [0.2, 0.25) is 5.02 Å². The van der Waals surface area contributed by atoms with Gasteiger partial charge in [0.15, 0.2) is 0 Å². The zero-order valence-electron chi connectivity index (χ0n) is 20.6. The van der Waals surface area contributed by atoms with E-state index in [2.05, 4.69) is 5.32 Å². The van der Waals surface area contributed by atoms with E-state index in [9.17, 15) is 13.6 Å². The number of hydrogen-bond donors (Lipinski definition) is 1. The summed E-state index contributed by atoms with van der Waals surface area (Å²) in [6.07, 6.45) is 0. The number of fused-ring (bicyclic) bond motifs is 1. The Hall–Kier alpha value is -3.91. The van der Waals surface area contributed by atoms with Crippen molar-refractivity contribution < 1.29 is 18.3 Å². The number of benzene rings is 3. The number of halogens is 3. The quantitative estimate of drug-likeness (QED) is 0.313. The van der Waals surface area contributed by atoms with Gasteiger partial charge in [-0.3, -0.25) is 9.36 Å². The standard InChI is InChI=1S/C28H25ClF2N4O2/c1-28(2)27(36)34(15-17-4-11-21(37-3)12-5-17)16-24-33-25(18-6-8-19(30)9-7-18)26(35(24)28)32-20-10-13-22(29)23(31)14-20/h4-14,32H,15-16H2,1-3H3. The van der Waals surface area contributed by atoms with Crippen LogP contribution in [0.15, 0.2) is 66.7 Å². The minimum absolute atomic E-state index is 0.00398. The maximum absolute atomic E-state index is 14.2. The lowest BCUT2D eigenvalue weighted by Crippen LogP contribution is -2.51. The Morgan fingerprint density at radius 2 is 1.76 bits per heavy atom. The average Bonchev–Trinajstić information content (AvgIpc) is 3.24. The van der Waals surface area contributed by atoms with Crippen LogP contribution >= 0.6 is 11.6 Å². The molecule has 1 N–H and O–H groups in total. The Morgan fingerprint density at radius 3 is 2.41 bits per heavy atom. The minimum atomic E-state index is -1.02. The first-order valence-electron chi connectivity index (χ1n) is 11.7. The molecule has 0 fully saturated rings. The van der Waals surface area contributed by atoms with Crippen LogP contribution in [0.3, 0.4) is 0 Å². The van der Waals surface area contributed by atoms with Crippen LogP contribution in [0.25, 0.3) is 11.3 Å². The van der Waals surface area contributed by atoms with Crippen molar-refractivity contribution in [1.29, 1.82) is 0 Å². The topological polar surface area (TPSA) is 59.4 Å². The second-order valence-corrected chi connectivity index (χ2v) is 9.80. The first-order chi connectivity index (χ1) is 17.7. The number of methoxy groups -OCH3 is 1. The molecule has 1 aromatic heterocycles. The number of carbonyl (C=O) groups excluding carboxylic acids is 1. The fourth-order valence-corrected chi connectivity index (χ4v) is 4.73. The number of ether oxygens (including phenoxy) is 1. The molecule has 0 unspecified atom stereocenters. The molecule has 1 aliphatic rings. The van der Waals surface area contributed by atoms with E-state index >= 15 is 0 Å². The van der Waals surface area contributed by atoms with Crippen molar-refractivity contribution in [2.24, 2.45) is 0 Å². The first-order valence-corrected chi connectivity index (χ1v) is 12.1. The summed E-state index contributed by atoms with van der Waals surface area (Å²) >= 11 is 5.87.